The molecule has 0 aromatic heterocycles. The molecule has 0 aromatic carbocycles. The van der Waals surface area contributed by atoms with Crippen LogP contribution in [0.1, 0.15) is 20.3 Å². The molecule has 1 aliphatic heterocycles. The largest absolute Gasteiger partial charge is 0.368 e. The van der Waals surface area contributed by atoms with Gasteiger partial charge in [0.15, 0.2) is 0 Å². The van der Waals surface area contributed by atoms with Crippen LogP contribution in [0, 0.1) is 0 Å². The molecule has 0 unspecified atom stereocenters. The quantitative estimate of drug-likeness (QED) is 0.645. The maximum Gasteiger partial charge on any atom is 0.322 e. The Kier molecular flexibility index (Phi) is 4.51. The Labute approximate surface area is 88.6 Å². The Morgan fingerprint density at radius 1 is 0.867 bits per heavy atom. The van der Waals surface area contributed by atoms with Crippen LogP contribution >= 0.6 is 0 Å². The Morgan fingerprint density at radius 2 is 1.27 bits per heavy atom. The van der Waals surface area contributed by atoms with Crippen molar-refractivity contribution >= 4 is 11.9 Å². The number of carbonyl (C=O) groups is 2. The normalized spacial score (nSPS) is 19.3. The van der Waals surface area contributed by atoms with Crippen molar-refractivity contribution in [1.82, 2.24) is 10.1 Å². The Morgan fingerprint density at radius 3 is 1.60 bits per heavy atom. The molecule has 1 heterocycles. The summed E-state index contributed by atoms with van der Waals surface area (Å²) in [6.45, 7) is 5.16. The zero-order chi connectivity index (χ0) is 11.3. The van der Waals surface area contributed by atoms with Crippen LogP contribution in [0.15, 0.2) is 0 Å². The summed E-state index contributed by atoms with van der Waals surface area (Å²) < 4.78 is 0. The first kappa shape index (κ1) is 11.9. The summed E-state index contributed by atoms with van der Waals surface area (Å²) in [7, 11) is 0. The summed E-state index contributed by atoms with van der Waals surface area (Å²) in [5, 5.41) is 3.18. The molecule has 0 aromatic rings. The van der Waals surface area contributed by atoms with Crippen molar-refractivity contribution in [3.63, 3.8) is 0 Å². The predicted molar refractivity (Wildman–Crippen MR) is 51.3 cm³/mol. The van der Waals surface area contributed by atoms with Gasteiger partial charge in [-0.2, -0.15) is 0 Å². The van der Waals surface area contributed by atoms with Gasteiger partial charge < -0.3 is 9.68 Å². The highest BCUT2D eigenvalue weighted by Crippen LogP contribution is 2.04. The first-order chi connectivity index (χ1) is 7.08. The number of nitrogens with zero attached hydrogens (tertiary/aromatic N) is 2. The topological polar surface area (TPSA) is 59.1 Å². The van der Waals surface area contributed by atoms with Crippen molar-refractivity contribution in [3.8, 4) is 0 Å². The first-order valence-electron chi connectivity index (χ1n) is 4.95. The van der Waals surface area contributed by atoms with Gasteiger partial charge >= 0.3 is 11.9 Å². The fraction of sp³-hybridized carbons (Fsp3) is 0.778. The van der Waals surface area contributed by atoms with Gasteiger partial charge in [0.25, 0.3) is 0 Å². The van der Waals surface area contributed by atoms with Gasteiger partial charge in [-0.25, -0.2) is 0 Å². The van der Waals surface area contributed by atoms with E-state index in [1.54, 1.807) is 10.1 Å². The predicted octanol–water partition coefficient (Wildman–Crippen LogP) is -0.0497. The van der Waals surface area contributed by atoms with Crippen LogP contribution in [0.5, 0.6) is 0 Å². The molecule has 0 radical (unpaired) electrons. The van der Waals surface area contributed by atoms with E-state index in [1.807, 2.05) is 0 Å². The lowest BCUT2D eigenvalue weighted by atomic mass is 10.4. The van der Waals surface area contributed by atoms with Crippen molar-refractivity contribution in [3.05, 3.63) is 0 Å². The highest BCUT2D eigenvalue weighted by molar-refractivity contribution is 5.65. The third-order valence-electron chi connectivity index (χ3n) is 1.93. The average Bonchev–Trinajstić information content (AvgIpc) is 2.29. The number of rotatable bonds is 2. The molecule has 0 N–H and O–H groups in total. The highest BCUT2D eigenvalue weighted by atomic mass is 16.7. The Balaban J connectivity index is 2.34. The fourth-order valence-electron chi connectivity index (χ4n) is 1.42. The van der Waals surface area contributed by atoms with E-state index in [9.17, 15) is 9.59 Å². The maximum atomic E-state index is 10.7. The van der Waals surface area contributed by atoms with E-state index >= 15 is 0 Å². The standard InChI is InChI=1S/C9H16N2O4/c1-8(12)14-10-4-3-5-11(7-6-10)15-9(2)13/h3-7H2,1-2H3. The van der Waals surface area contributed by atoms with Crippen LogP contribution in [0.25, 0.3) is 0 Å². The molecular formula is C9H16N2O4. The molecule has 15 heavy (non-hydrogen) atoms. The van der Waals surface area contributed by atoms with Gasteiger partial charge in [0.2, 0.25) is 0 Å². The lowest BCUT2D eigenvalue weighted by molar-refractivity contribution is -0.196. The summed E-state index contributed by atoms with van der Waals surface area (Å²) in [5.41, 5.74) is 0. The van der Waals surface area contributed by atoms with Gasteiger partial charge in [-0.3, -0.25) is 9.59 Å². The molecule has 0 saturated carbocycles. The van der Waals surface area contributed by atoms with Crippen molar-refractivity contribution in [2.24, 2.45) is 0 Å². The molecule has 0 bridgehead atoms. The molecule has 86 valence electrons. The average molecular weight is 216 g/mol. The summed E-state index contributed by atoms with van der Waals surface area (Å²) in [5.74, 6) is -0.646. The summed E-state index contributed by atoms with van der Waals surface area (Å²) >= 11 is 0. The summed E-state index contributed by atoms with van der Waals surface area (Å²) in [6.07, 6.45) is 0.792. The van der Waals surface area contributed by atoms with Crippen molar-refractivity contribution in [2.45, 2.75) is 20.3 Å². The molecule has 0 aliphatic carbocycles. The minimum Gasteiger partial charge on any atom is -0.368 e. The Bertz CT molecular complexity index is 220. The summed E-state index contributed by atoms with van der Waals surface area (Å²) in [4.78, 5) is 31.3. The van der Waals surface area contributed by atoms with Crippen LogP contribution in [-0.2, 0) is 19.3 Å². The SMILES string of the molecule is CC(=O)ON1CCCN(OC(C)=O)CC1. The number of carbonyl (C=O) groups excluding carboxylic acids is 2. The lowest BCUT2D eigenvalue weighted by Gasteiger charge is -2.19. The minimum atomic E-state index is -0.323. The van der Waals surface area contributed by atoms with E-state index in [0.29, 0.717) is 26.2 Å². The molecule has 6 nitrogen and oxygen atoms in total. The summed E-state index contributed by atoms with van der Waals surface area (Å²) in [6, 6.07) is 0. The van der Waals surface area contributed by atoms with E-state index < -0.39 is 0 Å². The number of hydrogen-bond donors (Lipinski definition) is 0. The number of hydroxylamine groups is 4. The monoisotopic (exact) mass is 216 g/mol. The minimum absolute atomic E-state index is 0.323. The van der Waals surface area contributed by atoms with Crippen LogP contribution in [0.3, 0.4) is 0 Å². The Hall–Kier alpha value is -1.14. The molecule has 6 heteroatoms. The molecule has 0 spiro atoms. The molecule has 0 atom stereocenters. The van der Waals surface area contributed by atoms with Crippen molar-refractivity contribution < 1.29 is 19.3 Å². The molecule has 1 aliphatic rings. The second kappa shape index (κ2) is 5.67. The molecule has 1 saturated heterocycles. The fourth-order valence-corrected chi connectivity index (χ4v) is 1.42. The van der Waals surface area contributed by atoms with Crippen LogP contribution in [-0.4, -0.2) is 48.2 Å². The van der Waals surface area contributed by atoms with Crippen LogP contribution in [0.4, 0.5) is 0 Å². The van der Waals surface area contributed by atoms with E-state index in [4.69, 9.17) is 9.68 Å². The second-order valence-electron chi connectivity index (χ2n) is 3.38. The molecule has 1 rings (SSSR count). The van der Waals surface area contributed by atoms with Gasteiger partial charge in [0.1, 0.15) is 0 Å². The van der Waals surface area contributed by atoms with Crippen LogP contribution < -0.4 is 0 Å². The molecule has 1 fully saturated rings. The van der Waals surface area contributed by atoms with E-state index in [0.717, 1.165) is 6.42 Å². The van der Waals surface area contributed by atoms with Crippen molar-refractivity contribution in [2.75, 3.05) is 26.2 Å². The van der Waals surface area contributed by atoms with Gasteiger partial charge in [-0.05, 0) is 6.42 Å². The van der Waals surface area contributed by atoms with E-state index in [2.05, 4.69) is 0 Å². The van der Waals surface area contributed by atoms with E-state index in [1.165, 1.54) is 13.8 Å². The van der Waals surface area contributed by atoms with Crippen molar-refractivity contribution in [1.29, 1.82) is 0 Å². The van der Waals surface area contributed by atoms with Crippen LogP contribution in [0.2, 0.25) is 0 Å². The zero-order valence-corrected chi connectivity index (χ0v) is 9.06. The maximum absolute atomic E-state index is 10.7. The number of hydrogen-bond acceptors (Lipinski definition) is 6. The molecular weight excluding hydrogens is 200 g/mol. The smallest absolute Gasteiger partial charge is 0.322 e. The van der Waals surface area contributed by atoms with Gasteiger partial charge in [0, 0.05) is 26.9 Å². The first-order valence-corrected chi connectivity index (χ1v) is 4.95. The third-order valence-corrected chi connectivity index (χ3v) is 1.93. The lowest BCUT2D eigenvalue weighted by Crippen LogP contribution is -2.32. The zero-order valence-electron chi connectivity index (χ0n) is 9.06. The third kappa shape index (κ3) is 4.75. The van der Waals surface area contributed by atoms with Gasteiger partial charge in [-0.15, -0.1) is 10.1 Å². The second-order valence-corrected chi connectivity index (χ2v) is 3.38. The van der Waals surface area contributed by atoms with Gasteiger partial charge in [-0.1, -0.05) is 0 Å². The highest BCUT2D eigenvalue weighted by Gasteiger charge is 2.18. The molecule has 0 amide bonds. The van der Waals surface area contributed by atoms with Gasteiger partial charge in [0.05, 0.1) is 13.1 Å². The van der Waals surface area contributed by atoms with E-state index in [-0.39, 0.29) is 11.9 Å².